The molecule has 1 aromatic carbocycles. The second-order valence-corrected chi connectivity index (χ2v) is 5.25. The van der Waals surface area contributed by atoms with Gasteiger partial charge in [0.15, 0.2) is 5.75 Å². The van der Waals surface area contributed by atoms with Crippen molar-refractivity contribution in [2.24, 2.45) is 5.14 Å². The average Bonchev–Trinajstić information content (AvgIpc) is 2.17. The van der Waals surface area contributed by atoms with Crippen molar-refractivity contribution in [1.82, 2.24) is 0 Å². The molecule has 0 saturated heterocycles. The lowest BCUT2D eigenvalue weighted by Crippen LogP contribution is -2.14. The van der Waals surface area contributed by atoms with Crippen LogP contribution in [0.15, 0.2) is 17.0 Å². The quantitative estimate of drug-likeness (QED) is 0.506. The molecule has 0 aromatic heterocycles. The van der Waals surface area contributed by atoms with Crippen molar-refractivity contribution in [2.75, 3.05) is 6.26 Å². The van der Waals surface area contributed by atoms with E-state index in [9.17, 15) is 8.42 Å². The van der Waals surface area contributed by atoms with Crippen molar-refractivity contribution in [2.45, 2.75) is 18.7 Å². The normalized spacial score (nSPS) is 11.5. The van der Waals surface area contributed by atoms with Gasteiger partial charge >= 0.3 is 0 Å². The van der Waals surface area contributed by atoms with Gasteiger partial charge in [-0.1, -0.05) is 0 Å². The van der Waals surface area contributed by atoms with E-state index in [1.165, 1.54) is 6.07 Å². The van der Waals surface area contributed by atoms with Crippen LogP contribution in [0.5, 0.6) is 5.75 Å². The lowest BCUT2D eigenvalue weighted by Gasteiger charge is -2.09. The highest BCUT2D eigenvalue weighted by Crippen LogP contribution is 2.25. The van der Waals surface area contributed by atoms with E-state index in [0.717, 1.165) is 12.0 Å². The Morgan fingerprint density at radius 1 is 1.25 bits per heavy atom. The lowest BCUT2D eigenvalue weighted by molar-refractivity contribution is -0.0778. The zero-order valence-corrected chi connectivity index (χ0v) is 10.8. The third-order valence-corrected chi connectivity index (χ3v) is 3.23. The van der Waals surface area contributed by atoms with E-state index in [2.05, 4.69) is 0 Å². The van der Waals surface area contributed by atoms with Gasteiger partial charge in [-0.25, -0.2) is 13.6 Å². The van der Waals surface area contributed by atoms with E-state index in [0.29, 0.717) is 16.9 Å². The maximum absolute atomic E-state index is 11.2. The molecule has 90 valence electrons. The van der Waals surface area contributed by atoms with Crippen LogP contribution in [0.3, 0.4) is 0 Å². The first-order chi connectivity index (χ1) is 7.36. The first kappa shape index (κ1) is 13.3. The predicted molar refractivity (Wildman–Crippen MR) is 62.5 cm³/mol. The molecular formula is C9H13NO4S2. The van der Waals surface area contributed by atoms with Gasteiger partial charge in [0.05, 0.1) is 4.90 Å². The summed E-state index contributed by atoms with van der Waals surface area (Å²) in [6, 6.07) is 3.04. The van der Waals surface area contributed by atoms with Crippen molar-refractivity contribution in [3.63, 3.8) is 0 Å². The summed E-state index contributed by atoms with van der Waals surface area (Å²) in [6.07, 6.45) is 1.71. The predicted octanol–water partition coefficient (Wildman–Crippen LogP) is 1.54. The molecule has 0 aliphatic heterocycles. The molecule has 0 atom stereocenters. The number of nitrogens with two attached hydrogens (primary N) is 1. The molecule has 2 N–H and O–H groups in total. The van der Waals surface area contributed by atoms with Crippen molar-refractivity contribution >= 4 is 22.1 Å². The summed E-state index contributed by atoms with van der Waals surface area (Å²) in [6.45, 7) is 3.36. The molecule has 0 saturated carbocycles. The zero-order chi connectivity index (χ0) is 12.3. The summed E-state index contributed by atoms with van der Waals surface area (Å²) in [4.78, 5) is 5.06. The Morgan fingerprint density at radius 2 is 1.88 bits per heavy atom. The number of hydrogen-bond donors (Lipinski definition) is 1. The summed E-state index contributed by atoms with van der Waals surface area (Å²) < 4.78 is 27.2. The van der Waals surface area contributed by atoms with Gasteiger partial charge in [-0.15, -0.1) is 4.33 Å². The molecule has 0 aliphatic carbocycles. The Morgan fingerprint density at radius 3 is 2.38 bits per heavy atom. The van der Waals surface area contributed by atoms with E-state index >= 15 is 0 Å². The van der Waals surface area contributed by atoms with Crippen LogP contribution in [0, 0.1) is 13.8 Å². The smallest absolute Gasteiger partial charge is 0.238 e. The minimum absolute atomic E-state index is 0.0986. The van der Waals surface area contributed by atoms with Crippen LogP contribution in [-0.2, 0) is 14.4 Å². The van der Waals surface area contributed by atoms with Crippen LogP contribution in [-0.4, -0.2) is 14.7 Å². The number of rotatable bonds is 4. The molecule has 0 fully saturated rings. The molecule has 0 radical (unpaired) electrons. The van der Waals surface area contributed by atoms with Crippen LogP contribution >= 0.6 is 12.0 Å². The SMILES string of the molecule is CSOOc1cc(C)c(S(N)(=O)=O)cc1C. The Balaban J connectivity index is 3.17. The van der Waals surface area contributed by atoms with Crippen LogP contribution in [0.25, 0.3) is 0 Å². The fourth-order valence-electron chi connectivity index (χ4n) is 1.23. The van der Waals surface area contributed by atoms with Gasteiger partial charge in [-0.2, -0.15) is 0 Å². The molecule has 0 spiro atoms. The van der Waals surface area contributed by atoms with E-state index in [-0.39, 0.29) is 4.90 Å². The van der Waals surface area contributed by atoms with Crippen LogP contribution < -0.4 is 10.0 Å². The molecule has 0 aliphatic rings. The summed E-state index contributed by atoms with van der Waals surface area (Å²) >= 11 is 1.06. The fourth-order valence-corrected chi connectivity index (χ4v) is 2.22. The van der Waals surface area contributed by atoms with Gasteiger partial charge in [0.25, 0.3) is 0 Å². The third-order valence-electron chi connectivity index (χ3n) is 1.97. The maximum Gasteiger partial charge on any atom is 0.238 e. The molecule has 0 unspecified atom stereocenters. The van der Waals surface area contributed by atoms with E-state index in [1.807, 2.05) is 0 Å². The third kappa shape index (κ3) is 3.11. The number of sulfonamides is 1. The largest absolute Gasteiger partial charge is 0.325 e. The molecule has 0 amide bonds. The van der Waals surface area contributed by atoms with Gasteiger partial charge < -0.3 is 4.89 Å². The fraction of sp³-hybridized carbons (Fsp3) is 0.333. The van der Waals surface area contributed by atoms with Gasteiger partial charge in [-0.05, 0) is 37.1 Å². The topological polar surface area (TPSA) is 78.6 Å². The van der Waals surface area contributed by atoms with Crippen molar-refractivity contribution in [1.29, 1.82) is 0 Å². The lowest BCUT2D eigenvalue weighted by atomic mass is 10.1. The van der Waals surface area contributed by atoms with Gasteiger partial charge in [0, 0.05) is 18.3 Å². The number of hydrogen-bond acceptors (Lipinski definition) is 5. The van der Waals surface area contributed by atoms with E-state index in [1.54, 1.807) is 26.2 Å². The first-order valence-electron chi connectivity index (χ1n) is 4.37. The number of primary sulfonamides is 1. The highest BCUT2D eigenvalue weighted by atomic mass is 32.2. The summed E-state index contributed by atoms with van der Waals surface area (Å²) in [7, 11) is -3.69. The maximum atomic E-state index is 11.2. The van der Waals surface area contributed by atoms with Crippen molar-refractivity contribution < 1.29 is 17.6 Å². The number of aryl methyl sites for hydroxylation is 2. The second kappa shape index (κ2) is 5.05. The molecule has 5 nitrogen and oxygen atoms in total. The van der Waals surface area contributed by atoms with Gasteiger partial charge in [-0.3, -0.25) is 0 Å². The van der Waals surface area contributed by atoms with E-state index < -0.39 is 10.0 Å². The molecule has 0 bridgehead atoms. The summed E-state index contributed by atoms with van der Waals surface area (Å²) in [5, 5.41) is 5.07. The van der Waals surface area contributed by atoms with Crippen molar-refractivity contribution in [3.05, 3.63) is 23.3 Å². The standard InChI is InChI=1S/C9H13NO4S2/c1-6-5-9(16(10,11)12)7(2)4-8(6)13-14-15-3/h4-5H,1-3H3,(H2,10,11,12). The minimum atomic E-state index is -3.69. The highest BCUT2D eigenvalue weighted by Gasteiger charge is 2.14. The van der Waals surface area contributed by atoms with Gasteiger partial charge in [0.1, 0.15) is 0 Å². The highest BCUT2D eigenvalue weighted by molar-refractivity contribution is 7.93. The molecular weight excluding hydrogens is 250 g/mol. The van der Waals surface area contributed by atoms with Crippen LogP contribution in [0.1, 0.15) is 11.1 Å². The monoisotopic (exact) mass is 263 g/mol. The Hall–Kier alpha value is -0.760. The molecule has 7 heteroatoms. The Labute approximate surface area is 99.1 Å². The van der Waals surface area contributed by atoms with Crippen LogP contribution in [0.4, 0.5) is 0 Å². The minimum Gasteiger partial charge on any atom is -0.325 e. The van der Waals surface area contributed by atoms with Crippen molar-refractivity contribution in [3.8, 4) is 5.75 Å². The first-order valence-corrected chi connectivity index (χ1v) is 7.07. The second-order valence-electron chi connectivity index (χ2n) is 3.25. The van der Waals surface area contributed by atoms with E-state index in [4.69, 9.17) is 14.4 Å². The van der Waals surface area contributed by atoms with Crippen LogP contribution in [0.2, 0.25) is 0 Å². The van der Waals surface area contributed by atoms with Gasteiger partial charge in [0.2, 0.25) is 10.0 Å². The Bertz CT molecular complexity index is 485. The molecule has 0 heterocycles. The molecule has 16 heavy (non-hydrogen) atoms. The summed E-state index contributed by atoms with van der Waals surface area (Å²) in [5.41, 5.74) is 1.16. The molecule has 1 aromatic rings. The number of benzene rings is 1. The molecule has 1 rings (SSSR count). The summed E-state index contributed by atoms with van der Waals surface area (Å²) in [5.74, 6) is 0.472. The average molecular weight is 263 g/mol. The zero-order valence-electron chi connectivity index (χ0n) is 9.18. The Kier molecular flexibility index (Phi) is 4.20.